The van der Waals surface area contributed by atoms with Crippen molar-refractivity contribution in [3.8, 4) is 0 Å². The molecule has 0 aromatic heterocycles. The van der Waals surface area contributed by atoms with Crippen LogP contribution in [0.2, 0.25) is 0 Å². The summed E-state index contributed by atoms with van der Waals surface area (Å²) in [5, 5.41) is 11.8. The number of aliphatic carboxylic acids is 1. The van der Waals surface area contributed by atoms with Gasteiger partial charge in [0.2, 0.25) is 0 Å². The molecule has 0 unspecified atom stereocenters. The van der Waals surface area contributed by atoms with Crippen molar-refractivity contribution < 1.29 is 9.90 Å². The van der Waals surface area contributed by atoms with Crippen LogP contribution in [0.1, 0.15) is 33.6 Å². The normalized spacial score (nSPS) is 13.3. The zero-order valence-electron chi connectivity index (χ0n) is 8.13. The number of hydrogen-bond donors (Lipinski definition) is 2. The quantitative estimate of drug-likeness (QED) is 0.639. The van der Waals surface area contributed by atoms with Crippen LogP contribution in [0.4, 0.5) is 0 Å². The fourth-order valence-corrected chi connectivity index (χ4v) is 1.06. The molecule has 0 amide bonds. The number of nitrogens with one attached hydrogen (secondary N) is 1. The van der Waals surface area contributed by atoms with Crippen molar-refractivity contribution in [2.45, 2.75) is 39.7 Å². The highest BCUT2D eigenvalue weighted by atomic mass is 16.4. The van der Waals surface area contributed by atoms with Gasteiger partial charge >= 0.3 is 5.97 Å². The van der Waals surface area contributed by atoms with Crippen LogP contribution >= 0.6 is 0 Å². The van der Waals surface area contributed by atoms with Gasteiger partial charge in [-0.15, -0.1) is 0 Å². The Morgan fingerprint density at radius 3 is 2.42 bits per heavy atom. The van der Waals surface area contributed by atoms with Crippen molar-refractivity contribution >= 4 is 5.97 Å². The molecule has 0 aliphatic carbocycles. The maximum atomic E-state index is 10.7. The molecule has 1 atom stereocenters. The average Bonchev–Trinajstić information content (AvgIpc) is 1.96. The van der Waals surface area contributed by atoms with Gasteiger partial charge < -0.3 is 10.4 Å². The molecule has 0 bridgehead atoms. The van der Waals surface area contributed by atoms with E-state index in [9.17, 15) is 4.79 Å². The lowest BCUT2D eigenvalue weighted by Crippen LogP contribution is -2.38. The summed E-state index contributed by atoms with van der Waals surface area (Å²) in [4.78, 5) is 10.7. The number of carboxylic acid groups (broad SMARTS) is 1. The molecule has 0 aliphatic heterocycles. The van der Waals surface area contributed by atoms with Crippen LogP contribution in [0.3, 0.4) is 0 Å². The highest BCUT2D eigenvalue weighted by Crippen LogP contribution is 2.04. The predicted molar refractivity (Wildman–Crippen MR) is 49.2 cm³/mol. The third kappa shape index (κ3) is 5.13. The van der Waals surface area contributed by atoms with E-state index in [0.29, 0.717) is 12.3 Å². The summed E-state index contributed by atoms with van der Waals surface area (Å²) in [6, 6.07) is -0.370. The Morgan fingerprint density at radius 2 is 2.08 bits per heavy atom. The van der Waals surface area contributed by atoms with Crippen molar-refractivity contribution in [2.24, 2.45) is 5.92 Å². The van der Waals surface area contributed by atoms with Gasteiger partial charge in [-0.2, -0.15) is 0 Å². The first-order valence-corrected chi connectivity index (χ1v) is 4.54. The lowest BCUT2D eigenvalue weighted by Gasteiger charge is -2.15. The van der Waals surface area contributed by atoms with E-state index in [0.717, 1.165) is 13.0 Å². The van der Waals surface area contributed by atoms with Crippen molar-refractivity contribution in [3.05, 3.63) is 0 Å². The van der Waals surface area contributed by atoms with Gasteiger partial charge in [0.1, 0.15) is 6.04 Å². The molecule has 0 fully saturated rings. The summed E-state index contributed by atoms with van der Waals surface area (Å²) in [6.07, 6.45) is 1.68. The Kier molecular flexibility index (Phi) is 5.72. The van der Waals surface area contributed by atoms with Gasteiger partial charge in [0, 0.05) is 0 Å². The minimum atomic E-state index is -0.739. The monoisotopic (exact) mass is 173 g/mol. The summed E-state index contributed by atoms with van der Waals surface area (Å²) in [7, 11) is 0. The van der Waals surface area contributed by atoms with Gasteiger partial charge in [0.25, 0.3) is 0 Å². The Hall–Kier alpha value is -0.570. The second-order valence-corrected chi connectivity index (χ2v) is 3.47. The van der Waals surface area contributed by atoms with E-state index < -0.39 is 5.97 Å². The minimum absolute atomic E-state index is 0.370. The average molecular weight is 173 g/mol. The molecule has 0 heterocycles. The third-order valence-corrected chi connectivity index (χ3v) is 1.65. The molecule has 3 nitrogen and oxygen atoms in total. The largest absolute Gasteiger partial charge is 0.480 e. The molecule has 0 saturated carbocycles. The van der Waals surface area contributed by atoms with Crippen LogP contribution in [0, 0.1) is 5.92 Å². The van der Waals surface area contributed by atoms with E-state index >= 15 is 0 Å². The topological polar surface area (TPSA) is 49.3 Å². The molecule has 0 aromatic carbocycles. The summed E-state index contributed by atoms with van der Waals surface area (Å²) >= 11 is 0. The smallest absolute Gasteiger partial charge is 0.320 e. The van der Waals surface area contributed by atoms with E-state index in [1.165, 1.54) is 0 Å². The molecule has 0 aromatic rings. The summed E-state index contributed by atoms with van der Waals surface area (Å²) < 4.78 is 0. The lowest BCUT2D eigenvalue weighted by atomic mass is 10.0. The summed E-state index contributed by atoms with van der Waals surface area (Å²) in [5.74, 6) is -0.312. The molecule has 0 spiro atoms. The molecule has 0 saturated heterocycles. The standard InChI is InChI=1S/C9H19NO2/c1-4-5-10-8(9(11)12)6-7(2)3/h7-8,10H,4-6H2,1-3H3,(H,11,12)/t8-/m1/s1. The minimum Gasteiger partial charge on any atom is -0.480 e. The number of carbonyl (C=O) groups is 1. The Labute approximate surface area is 74.2 Å². The van der Waals surface area contributed by atoms with Crippen molar-refractivity contribution in [2.75, 3.05) is 6.54 Å². The first-order chi connectivity index (χ1) is 5.57. The third-order valence-electron chi connectivity index (χ3n) is 1.65. The predicted octanol–water partition coefficient (Wildman–Crippen LogP) is 1.49. The first-order valence-electron chi connectivity index (χ1n) is 4.54. The summed E-state index contributed by atoms with van der Waals surface area (Å²) in [6.45, 7) is 6.87. The van der Waals surface area contributed by atoms with Gasteiger partial charge in [-0.3, -0.25) is 4.79 Å². The molecule has 12 heavy (non-hydrogen) atoms. The highest BCUT2D eigenvalue weighted by Gasteiger charge is 2.16. The van der Waals surface area contributed by atoms with Gasteiger partial charge in [-0.25, -0.2) is 0 Å². The van der Waals surface area contributed by atoms with Crippen LogP contribution in [-0.4, -0.2) is 23.7 Å². The molecule has 0 aliphatic rings. The van der Waals surface area contributed by atoms with Gasteiger partial charge in [0.05, 0.1) is 0 Å². The fourth-order valence-electron chi connectivity index (χ4n) is 1.06. The molecule has 2 N–H and O–H groups in total. The molecular formula is C9H19NO2. The van der Waals surface area contributed by atoms with E-state index in [4.69, 9.17) is 5.11 Å². The number of hydrogen-bond acceptors (Lipinski definition) is 2. The van der Waals surface area contributed by atoms with E-state index in [2.05, 4.69) is 5.32 Å². The highest BCUT2D eigenvalue weighted by molar-refractivity contribution is 5.73. The fraction of sp³-hybridized carbons (Fsp3) is 0.889. The SMILES string of the molecule is CCCN[C@H](CC(C)C)C(=O)O. The Morgan fingerprint density at radius 1 is 1.50 bits per heavy atom. The first kappa shape index (κ1) is 11.4. The molecule has 3 heteroatoms. The van der Waals surface area contributed by atoms with E-state index in [-0.39, 0.29) is 6.04 Å². The maximum absolute atomic E-state index is 10.7. The Bertz CT molecular complexity index is 134. The van der Waals surface area contributed by atoms with Gasteiger partial charge in [-0.05, 0) is 25.3 Å². The Balaban J connectivity index is 3.78. The molecule has 72 valence electrons. The number of carboxylic acids is 1. The van der Waals surface area contributed by atoms with E-state index in [1.807, 2.05) is 20.8 Å². The zero-order chi connectivity index (χ0) is 9.56. The molecule has 0 rings (SSSR count). The van der Waals surface area contributed by atoms with Crippen molar-refractivity contribution in [3.63, 3.8) is 0 Å². The van der Waals surface area contributed by atoms with E-state index in [1.54, 1.807) is 0 Å². The molecular weight excluding hydrogens is 154 g/mol. The van der Waals surface area contributed by atoms with Crippen molar-refractivity contribution in [1.82, 2.24) is 5.32 Å². The second kappa shape index (κ2) is 6.00. The zero-order valence-corrected chi connectivity index (χ0v) is 8.13. The van der Waals surface area contributed by atoms with Crippen LogP contribution in [-0.2, 0) is 4.79 Å². The van der Waals surface area contributed by atoms with Crippen molar-refractivity contribution in [1.29, 1.82) is 0 Å². The van der Waals surface area contributed by atoms with Crippen LogP contribution in [0.25, 0.3) is 0 Å². The van der Waals surface area contributed by atoms with Gasteiger partial charge in [-0.1, -0.05) is 20.8 Å². The lowest BCUT2D eigenvalue weighted by molar-refractivity contribution is -0.139. The number of rotatable bonds is 6. The van der Waals surface area contributed by atoms with Gasteiger partial charge in [0.15, 0.2) is 0 Å². The summed E-state index contributed by atoms with van der Waals surface area (Å²) in [5.41, 5.74) is 0. The maximum Gasteiger partial charge on any atom is 0.320 e. The van der Waals surface area contributed by atoms with Crippen LogP contribution in [0.15, 0.2) is 0 Å². The second-order valence-electron chi connectivity index (χ2n) is 3.47. The van der Waals surface area contributed by atoms with Crippen LogP contribution < -0.4 is 5.32 Å². The molecule has 0 radical (unpaired) electrons. The van der Waals surface area contributed by atoms with Crippen LogP contribution in [0.5, 0.6) is 0 Å².